The summed E-state index contributed by atoms with van der Waals surface area (Å²) in [7, 11) is 1.48. The Balaban J connectivity index is 3.86. The first-order valence-corrected chi connectivity index (χ1v) is 37.7. The normalized spacial score (nSPS) is 13.3. The van der Waals surface area contributed by atoms with E-state index in [1.54, 1.807) is 0 Å². The first-order valence-electron chi connectivity index (χ1n) is 36.2. The van der Waals surface area contributed by atoms with Gasteiger partial charge in [-0.15, -0.1) is 0 Å². The van der Waals surface area contributed by atoms with Crippen LogP contribution < -0.4 is 0 Å². The van der Waals surface area contributed by atoms with E-state index in [9.17, 15) is 19.0 Å². The maximum absolute atomic E-state index is 12.8. The van der Waals surface area contributed by atoms with Gasteiger partial charge in [-0.2, -0.15) is 0 Å². The zero-order chi connectivity index (χ0) is 60.5. The molecule has 0 aliphatic heterocycles. The third kappa shape index (κ3) is 69.2. The minimum absolute atomic E-state index is 0.0302. The Morgan fingerprint density at radius 1 is 0.373 bits per heavy atom. The van der Waals surface area contributed by atoms with Gasteiger partial charge in [0.15, 0.2) is 6.10 Å². The average Bonchev–Trinajstić information content (AvgIpc) is 3.49. The number of rotatable bonds is 68. The van der Waals surface area contributed by atoms with Crippen LogP contribution in [0, 0.1) is 0 Å². The molecule has 0 amide bonds. The molecule has 2 unspecified atom stereocenters. The van der Waals surface area contributed by atoms with Crippen LogP contribution in [0.25, 0.3) is 0 Å². The quantitative estimate of drug-likeness (QED) is 0.0211. The van der Waals surface area contributed by atoms with Crippen molar-refractivity contribution in [3.8, 4) is 0 Å². The second-order valence-corrected chi connectivity index (χ2v) is 27.4. The maximum Gasteiger partial charge on any atom is 0.472 e. The Bertz CT molecular complexity index is 1490. The fourth-order valence-corrected chi connectivity index (χ4v) is 11.6. The highest BCUT2D eigenvalue weighted by atomic mass is 31.2. The van der Waals surface area contributed by atoms with Crippen molar-refractivity contribution >= 4 is 19.8 Å². The fourth-order valence-electron chi connectivity index (χ4n) is 10.9. The van der Waals surface area contributed by atoms with E-state index in [1.165, 1.54) is 263 Å². The van der Waals surface area contributed by atoms with Crippen LogP contribution in [0.4, 0.5) is 0 Å². The van der Waals surface area contributed by atoms with E-state index in [2.05, 4.69) is 50.3 Å². The summed E-state index contributed by atoms with van der Waals surface area (Å²) >= 11 is 0. The number of unbranched alkanes of at least 4 members (excludes halogenated alkanes) is 48. The van der Waals surface area contributed by atoms with Crippen LogP contribution >= 0.6 is 7.82 Å². The number of likely N-dealkylation sites (N-methyl/N-ethyl adjacent to an activating group) is 1. The number of nitrogens with zero attached hydrogens (tertiary/aromatic N) is 1. The lowest BCUT2D eigenvalue weighted by atomic mass is 10.0. The molecule has 0 saturated carbocycles. The van der Waals surface area contributed by atoms with E-state index >= 15 is 0 Å². The van der Waals surface area contributed by atoms with Crippen LogP contribution in [-0.2, 0) is 32.7 Å². The number of hydrogen-bond acceptors (Lipinski definition) is 7. The number of hydrogen-bond donors (Lipinski definition) is 1. The second-order valence-electron chi connectivity index (χ2n) is 26.0. The number of quaternary nitrogens is 1. The molecule has 0 fully saturated rings. The lowest BCUT2D eigenvalue weighted by Gasteiger charge is -2.24. The highest BCUT2D eigenvalue weighted by Crippen LogP contribution is 2.43. The van der Waals surface area contributed by atoms with Crippen LogP contribution in [0.15, 0.2) is 36.5 Å². The van der Waals surface area contributed by atoms with Gasteiger partial charge >= 0.3 is 19.8 Å². The number of carbonyl (C=O) groups is 2. The SMILES string of the molecule is CCCCC/C=C\C/C=C\C/C=C\CCCCCCCCC(=O)OC(COC(=O)CCCCCCCCCCCCCCCCCCCCCCCCCCCCCCCCCCCCCCCCCC)COP(=O)(O)OCC[N+](C)(C)C. The van der Waals surface area contributed by atoms with Gasteiger partial charge < -0.3 is 18.9 Å². The number of allylic oxidation sites excluding steroid dienone is 6. The first kappa shape index (κ1) is 81.2. The van der Waals surface area contributed by atoms with Gasteiger partial charge in [0.25, 0.3) is 0 Å². The molecule has 0 saturated heterocycles. The maximum atomic E-state index is 12.8. The van der Waals surface area contributed by atoms with Crippen molar-refractivity contribution in [2.45, 2.75) is 373 Å². The van der Waals surface area contributed by atoms with Crippen LogP contribution in [0.1, 0.15) is 367 Å². The highest BCUT2D eigenvalue weighted by Gasteiger charge is 2.27. The van der Waals surface area contributed by atoms with E-state index in [-0.39, 0.29) is 25.6 Å². The highest BCUT2D eigenvalue weighted by molar-refractivity contribution is 7.47. The lowest BCUT2D eigenvalue weighted by molar-refractivity contribution is -0.870. The molecule has 0 radical (unpaired) electrons. The molecule has 10 heteroatoms. The molecule has 1 N–H and O–H groups in total. The number of ether oxygens (including phenoxy) is 2. The minimum Gasteiger partial charge on any atom is -0.462 e. The van der Waals surface area contributed by atoms with Gasteiger partial charge in [0.05, 0.1) is 27.7 Å². The van der Waals surface area contributed by atoms with Gasteiger partial charge in [-0.05, 0) is 51.4 Å². The number of carbonyl (C=O) groups excluding carboxylic acids is 2. The Morgan fingerprint density at radius 3 is 0.988 bits per heavy atom. The summed E-state index contributed by atoms with van der Waals surface area (Å²) in [5.41, 5.74) is 0. The molecule has 0 aliphatic rings. The molecule has 0 aromatic rings. The van der Waals surface area contributed by atoms with E-state index < -0.39 is 26.5 Å². The molecule has 0 aliphatic carbocycles. The van der Waals surface area contributed by atoms with Crippen molar-refractivity contribution in [1.82, 2.24) is 0 Å². The summed E-state index contributed by atoms with van der Waals surface area (Å²) < 4.78 is 34.7. The number of esters is 2. The molecule has 9 nitrogen and oxygen atoms in total. The molecule has 2 atom stereocenters. The van der Waals surface area contributed by atoms with Crippen LogP contribution in [0.5, 0.6) is 0 Å². The summed E-state index contributed by atoms with van der Waals surface area (Å²) in [6, 6.07) is 0. The van der Waals surface area contributed by atoms with Gasteiger partial charge in [0.2, 0.25) is 0 Å². The van der Waals surface area contributed by atoms with E-state index in [0.717, 1.165) is 70.6 Å². The largest absolute Gasteiger partial charge is 0.472 e. The van der Waals surface area contributed by atoms with Gasteiger partial charge in [-0.3, -0.25) is 18.6 Å². The predicted molar refractivity (Wildman–Crippen MR) is 358 cm³/mol. The summed E-state index contributed by atoms with van der Waals surface area (Å²) in [5.74, 6) is -0.796. The van der Waals surface area contributed by atoms with E-state index in [4.69, 9.17) is 18.5 Å². The molecule has 0 aromatic heterocycles. The fraction of sp³-hybridized carbons (Fsp3) is 0.890. The van der Waals surface area contributed by atoms with Gasteiger partial charge in [0, 0.05) is 12.8 Å². The van der Waals surface area contributed by atoms with Gasteiger partial charge in [0.1, 0.15) is 19.8 Å². The summed E-state index contributed by atoms with van der Waals surface area (Å²) in [6.45, 7) is 4.45. The molecule has 0 spiro atoms. The van der Waals surface area contributed by atoms with Crippen molar-refractivity contribution < 1.29 is 42.1 Å². The zero-order valence-corrected chi connectivity index (χ0v) is 56.9. The molecule has 0 bridgehead atoms. The zero-order valence-electron chi connectivity index (χ0n) is 56.0. The van der Waals surface area contributed by atoms with E-state index in [0.29, 0.717) is 23.9 Å². The topological polar surface area (TPSA) is 108 Å². The summed E-state index contributed by atoms with van der Waals surface area (Å²) in [4.78, 5) is 35.8. The Kier molecular flexibility index (Phi) is 63.3. The minimum atomic E-state index is -4.39. The van der Waals surface area contributed by atoms with Crippen LogP contribution in [0.2, 0.25) is 0 Å². The van der Waals surface area contributed by atoms with Crippen molar-refractivity contribution in [2.24, 2.45) is 0 Å². The molecule has 490 valence electrons. The Hall–Kier alpha value is -1.77. The first-order chi connectivity index (χ1) is 40.5. The molecule has 83 heavy (non-hydrogen) atoms. The Labute approximate surface area is 516 Å². The third-order valence-electron chi connectivity index (χ3n) is 16.4. The van der Waals surface area contributed by atoms with Crippen LogP contribution in [0.3, 0.4) is 0 Å². The molecule has 0 heterocycles. The monoisotopic (exact) mass is 1190 g/mol. The van der Waals surface area contributed by atoms with Crippen molar-refractivity contribution in [3.05, 3.63) is 36.5 Å². The number of phosphoric acid groups is 1. The van der Waals surface area contributed by atoms with Crippen molar-refractivity contribution in [2.75, 3.05) is 47.5 Å². The summed E-state index contributed by atoms with van der Waals surface area (Å²) in [6.07, 6.45) is 82.9. The van der Waals surface area contributed by atoms with Gasteiger partial charge in [-0.1, -0.05) is 339 Å². The molecule has 0 rings (SSSR count). The second kappa shape index (κ2) is 64.7. The molecular weight excluding hydrogens is 1050 g/mol. The summed E-state index contributed by atoms with van der Waals surface area (Å²) in [5, 5.41) is 0. The number of phosphoric ester groups is 1. The smallest absolute Gasteiger partial charge is 0.462 e. The average molecular weight is 1190 g/mol. The van der Waals surface area contributed by atoms with Crippen molar-refractivity contribution in [3.63, 3.8) is 0 Å². The third-order valence-corrected chi connectivity index (χ3v) is 17.4. The van der Waals surface area contributed by atoms with E-state index in [1.807, 2.05) is 21.1 Å². The predicted octanol–water partition coefficient (Wildman–Crippen LogP) is 23.4. The van der Waals surface area contributed by atoms with Crippen LogP contribution in [-0.4, -0.2) is 74.9 Å². The lowest BCUT2D eigenvalue weighted by Crippen LogP contribution is -2.37. The Morgan fingerprint density at radius 2 is 0.651 bits per heavy atom. The van der Waals surface area contributed by atoms with Crippen molar-refractivity contribution in [1.29, 1.82) is 0 Å². The molecular formula is C73H141NO8P+. The standard InChI is InChI=1S/C73H140NO8P/c1-6-8-10-12-14-16-18-20-22-24-26-27-28-29-30-31-32-33-34-35-36-37-38-39-40-41-42-43-44-45-46-48-49-51-53-55-57-59-61-63-65-72(75)79-69-71(70-81-83(77,78)80-68-67-74(3,4)5)82-73(76)66-64-62-60-58-56-54-52-50-47-25-23-21-19-17-15-13-11-9-7-2/h15,17,21,23,47,50,71H,6-14,16,18-20,22,24-46,48-49,51-70H2,1-5H3/p+1/b17-15-,23-21-,50-47-. The molecule has 0 aromatic carbocycles. The van der Waals surface area contributed by atoms with Gasteiger partial charge in [-0.25, -0.2) is 4.57 Å².